The Morgan fingerprint density at radius 2 is 1.71 bits per heavy atom. The van der Waals surface area contributed by atoms with Gasteiger partial charge in [-0.15, -0.1) is 13.2 Å². The van der Waals surface area contributed by atoms with E-state index in [0.29, 0.717) is 28.8 Å². The lowest BCUT2D eigenvalue weighted by Gasteiger charge is -2.36. The molecule has 2 aliphatic heterocycles. The number of fused-ring (bicyclic) bond motifs is 1. The van der Waals surface area contributed by atoms with E-state index >= 15 is 0 Å². The third-order valence-corrected chi connectivity index (χ3v) is 6.67. The van der Waals surface area contributed by atoms with E-state index in [0.717, 1.165) is 38.1 Å². The summed E-state index contributed by atoms with van der Waals surface area (Å²) in [5, 5.41) is 2.60. The van der Waals surface area contributed by atoms with Gasteiger partial charge >= 0.3 is 6.36 Å². The lowest BCUT2D eigenvalue weighted by Crippen LogP contribution is -2.44. The third kappa shape index (κ3) is 6.39. The van der Waals surface area contributed by atoms with Crippen LogP contribution in [0.3, 0.4) is 0 Å². The molecule has 202 valence electrons. The van der Waals surface area contributed by atoms with Crippen LogP contribution in [0.4, 0.5) is 24.9 Å². The maximum absolute atomic E-state index is 12.3. The molecule has 0 spiro atoms. The molecule has 0 saturated carbocycles. The molecule has 2 aromatic heterocycles. The molecule has 1 N–H and O–H groups in total. The number of alkyl halides is 3. The van der Waals surface area contributed by atoms with Gasteiger partial charge in [-0.3, -0.25) is 4.79 Å². The van der Waals surface area contributed by atoms with Gasteiger partial charge in [-0.1, -0.05) is 0 Å². The number of benzene rings is 1. The summed E-state index contributed by atoms with van der Waals surface area (Å²) in [6, 6.07) is 5.38. The summed E-state index contributed by atoms with van der Waals surface area (Å²) in [5.74, 6) is 0.172. The molecular weight excluding hydrogens is 503 g/mol. The number of aryl methyl sites for hydroxylation is 1. The van der Waals surface area contributed by atoms with Crippen molar-refractivity contribution in [2.75, 3.05) is 43.0 Å². The zero-order valence-electron chi connectivity index (χ0n) is 20.9. The minimum atomic E-state index is -4.78. The predicted molar refractivity (Wildman–Crippen MR) is 133 cm³/mol. The fraction of sp³-hybridized carbons (Fsp3) is 0.480. The van der Waals surface area contributed by atoms with Crippen LogP contribution < -0.4 is 19.7 Å². The lowest BCUT2D eigenvalue weighted by atomic mass is 10.0. The molecule has 0 atom stereocenters. The number of carbonyl (C=O) groups excluding carboxylic acids is 1. The number of amides is 1. The zero-order valence-corrected chi connectivity index (χ0v) is 20.9. The van der Waals surface area contributed by atoms with E-state index in [1.807, 2.05) is 6.92 Å². The second-order valence-electron chi connectivity index (χ2n) is 9.35. The van der Waals surface area contributed by atoms with Crippen LogP contribution >= 0.6 is 0 Å². The van der Waals surface area contributed by atoms with E-state index in [1.165, 1.54) is 44.3 Å². The minimum Gasteiger partial charge on any atom is -0.484 e. The van der Waals surface area contributed by atoms with E-state index in [1.54, 1.807) is 0 Å². The van der Waals surface area contributed by atoms with E-state index in [4.69, 9.17) is 4.74 Å². The average Bonchev–Trinajstić information content (AvgIpc) is 3.43. The van der Waals surface area contributed by atoms with Gasteiger partial charge in [0.05, 0.1) is 11.9 Å². The largest absolute Gasteiger partial charge is 0.573 e. The van der Waals surface area contributed by atoms with Crippen molar-refractivity contribution in [1.82, 2.24) is 24.8 Å². The molecule has 0 unspecified atom stereocenters. The van der Waals surface area contributed by atoms with E-state index in [-0.39, 0.29) is 23.9 Å². The van der Waals surface area contributed by atoms with Gasteiger partial charge in [-0.25, -0.2) is 15.0 Å². The minimum absolute atomic E-state index is 0.209. The quantitative estimate of drug-likeness (QED) is 0.488. The molecular formula is C25H28F3N7O3. The number of hydrogen-bond donors (Lipinski definition) is 1. The normalized spacial score (nSPS) is 17.1. The lowest BCUT2D eigenvalue weighted by molar-refractivity contribution is -0.274. The highest BCUT2D eigenvalue weighted by Gasteiger charge is 2.31. The van der Waals surface area contributed by atoms with Gasteiger partial charge in [0.15, 0.2) is 18.1 Å². The number of aromatic nitrogens is 4. The van der Waals surface area contributed by atoms with Crippen molar-refractivity contribution in [2.45, 2.75) is 45.0 Å². The van der Waals surface area contributed by atoms with Crippen LogP contribution in [0, 0.1) is 6.92 Å². The Hall–Kier alpha value is -3.74. The zero-order chi connectivity index (χ0) is 26.7. The highest BCUT2D eigenvalue weighted by molar-refractivity contribution is 5.91. The van der Waals surface area contributed by atoms with Crippen LogP contribution in [0.25, 0.3) is 11.2 Å². The van der Waals surface area contributed by atoms with Crippen molar-refractivity contribution >= 4 is 28.8 Å². The van der Waals surface area contributed by atoms with Crippen LogP contribution in [0.1, 0.15) is 31.4 Å². The summed E-state index contributed by atoms with van der Waals surface area (Å²) in [4.78, 5) is 35.2. The summed E-state index contributed by atoms with van der Waals surface area (Å²) in [5.41, 5.74) is 1.59. The van der Waals surface area contributed by atoms with Crippen LogP contribution in [-0.4, -0.2) is 75.9 Å². The van der Waals surface area contributed by atoms with Crippen molar-refractivity contribution in [1.29, 1.82) is 0 Å². The maximum atomic E-state index is 12.3. The summed E-state index contributed by atoms with van der Waals surface area (Å²) < 4.78 is 45.9. The van der Waals surface area contributed by atoms with Gasteiger partial charge in [0.1, 0.15) is 17.0 Å². The standard InChI is InChI=1S/C25H28F3N7O3/c1-16-22-23(33-24(30-16)35-12-8-17(9-13-35)34-10-2-3-11-34)29-14-20(32-22)31-21(36)15-37-18-4-6-19(7-5-18)38-25(26,27)28/h4-7,14,17H,2-3,8-13,15H2,1H3,(H,31,32,36). The third-order valence-electron chi connectivity index (χ3n) is 6.67. The smallest absolute Gasteiger partial charge is 0.484 e. The number of rotatable bonds is 7. The fourth-order valence-corrected chi connectivity index (χ4v) is 4.83. The summed E-state index contributed by atoms with van der Waals surface area (Å²) in [6.07, 6.45) is 1.39. The van der Waals surface area contributed by atoms with Crippen LogP contribution in [0.5, 0.6) is 11.5 Å². The summed E-state index contributed by atoms with van der Waals surface area (Å²) in [6.45, 7) is 5.65. The molecule has 2 saturated heterocycles. The number of likely N-dealkylation sites (tertiary alicyclic amines) is 1. The Bertz CT molecular complexity index is 1280. The molecule has 2 fully saturated rings. The molecule has 3 aromatic rings. The van der Waals surface area contributed by atoms with Crippen LogP contribution in [0.2, 0.25) is 0 Å². The number of anilines is 2. The molecule has 0 aliphatic carbocycles. The van der Waals surface area contributed by atoms with Crippen molar-refractivity contribution in [3.8, 4) is 11.5 Å². The molecule has 38 heavy (non-hydrogen) atoms. The second-order valence-corrected chi connectivity index (χ2v) is 9.35. The molecule has 1 amide bonds. The average molecular weight is 532 g/mol. The Kier molecular flexibility index (Phi) is 7.45. The topological polar surface area (TPSA) is 106 Å². The molecule has 5 rings (SSSR count). The predicted octanol–water partition coefficient (Wildman–Crippen LogP) is 3.71. The molecule has 1 aromatic carbocycles. The first-order valence-corrected chi connectivity index (χ1v) is 12.5. The van der Waals surface area contributed by atoms with E-state index < -0.39 is 12.3 Å². The maximum Gasteiger partial charge on any atom is 0.573 e. The van der Waals surface area contributed by atoms with Crippen LogP contribution in [-0.2, 0) is 4.79 Å². The Morgan fingerprint density at radius 1 is 1.03 bits per heavy atom. The van der Waals surface area contributed by atoms with Crippen molar-refractivity contribution in [3.05, 3.63) is 36.2 Å². The van der Waals surface area contributed by atoms with Gasteiger partial charge in [0.25, 0.3) is 5.91 Å². The van der Waals surface area contributed by atoms with E-state index in [9.17, 15) is 18.0 Å². The Labute approximate surface area is 217 Å². The summed E-state index contributed by atoms with van der Waals surface area (Å²) in [7, 11) is 0. The Balaban J connectivity index is 1.17. The number of halogens is 3. The van der Waals surface area contributed by atoms with Gasteiger partial charge in [-0.2, -0.15) is 4.98 Å². The van der Waals surface area contributed by atoms with Gasteiger partial charge in [0, 0.05) is 19.1 Å². The number of carbonyl (C=O) groups is 1. The molecule has 4 heterocycles. The SMILES string of the molecule is Cc1nc(N2CCC(N3CCCC3)CC2)nc2ncc(NC(=O)COc3ccc(OC(F)(F)F)cc3)nc12. The number of nitrogens with zero attached hydrogens (tertiary/aromatic N) is 6. The van der Waals surface area contributed by atoms with Crippen molar-refractivity contribution in [3.63, 3.8) is 0 Å². The number of piperidine rings is 1. The second kappa shape index (κ2) is 10.9. The number of nitrogens with one attached hydrogen (secondary N) is 1. The Morgan fingerprint density at radius 3 is 2.39 bits per heavy atom. The number of hydrogen-bond acceptors (Lipinski definition) is 9. The highest BCUT2D eigenvalue weighted by Crippen LogP contribution is 2.26. The summed E-state index contributed by atoms with van der Waals surface area (Å²) >= 11 is 0. The molecule has 13 heteroatoms. The van der Waals surface area contributed by atoms with Gasteiger partial charge < -0.3 is 24.6 Å². The van der Waals surface area contributed by atoms with Gasteiger partial charge in [-0.05, 0) is 70.0 Å². The van der Waals surface area contributed by atoms with Crippen LogP contribution in [0.15, 0.2) is 30.5 Å². The molecule has 2 aliphatic rings. The van der Waals surface area contributed by atoms with Crippen molar-refractivity contribution < 1.29 is 27.4 Å². The van der Waals surface area contributed by atoms with Crippen molar-refractivity contribution in [2.24, 2.45) is 0 Å². The molecule has 0 bridgehead atoms. The first kappa shape index (κ1) is 25.9. The highest BCUT2D eigenvalue weighted by atomic mass is 19.4. The fourth-order valence-electron chi connectivity index (χ4n) is 4.83. The first-order chi connectivity index (χ1) is 18.2. The number of ether oxygens (including phenoxy) is 2. The van der Waals surface area contributed by atoms with E-state index in [2.05, 4.69) is 39.8 Å². The van der Waals surface area contributed by atoms with Gasteiger partial charge in [0.2, 0.25) is 5.95 Å². The monoisotopic (exact) mass is 531 g/mol. The molecule has 10 nitrogen and oxygen atoms in total. The first-order valence-electron chi connectivity index (χ1n) is 12.5. The molecule has 0 radical (unpaired) electrons.